The highest BCUT2D eigenvalue weighted by atomic mass is 16.5. The van der Waals surface area contributed by atoms with E-state index in [2.05, 4.69) is 64.5 Å². The molecule has 2 aliphatic heterocycles. The van der Waals surface area contributed by atoms with Gasteiger partial charge in [0.2, 0.25) is 0 Å². The second-order valence-electron chi connectivity index (χ2n) is 20.0. The molecule has 0 saturated heterocycles. The van der Waals surface area contributed by atoms with E-state index in [9.17, 15) is 19.8 Å². The number of rotatable bonds is 18. The van der Waals surface area contributed by atoms with Crippen molar-refractivity contribution in [2.75, 3.05) is 13.7 Å². The molecule has 3 aromatic rings. The fourth-order valence-corrected chi connectivity index (χ4v) is 10.5. The van der Waals surface area contributed by atoms with Crippen LogP contribution < -0.4 is 10.4 Å². The molecular formula is C55H76N4O6. The molecule has 1 aliphatic carbocycles. The van der Waals surface area contributed by atoms with Crippen molar-refractivity contribution in [3.63, 3.8) is 0 Å². The van der Waals surface area contributed by atoms with Crippen molar-refractivity contribution in [3.05, 3.63) is 85.8 Å². The van der Waals surface area contributed by atoms with Gasteiger partial charge in [-0.1, -0.05) is 98.1 Å². The number of allylic oxidation sites excluding steroid dienone is 3. The monoisotopic (exact) mass is 889 g/mol. The first-order chi connectivity index (χ1) is 30.9. The molecule has 6 atom stereocenters. The van der Waals surface area contributed by atoms with Gasteiger partial charge in [-0.15, -0.1) is 0 Å². The van der Waals surface area contributed by atoms with Crippen LogP contribution >= 0.6 is 0 Å². The summed E-state index contributed by atoms with van der Waals surface area (Å²) < 4.78 is 11.1. The predicted octanol–water partition coefficient (Wildman–Crippen LogP) is 12.4. The van der Waals surface area contributed by atoms with E-state index in [1.807, 2.05) is 45.0 Å². The zero-order chi connectivity index (χ0) is 47.3. The van der Waals surface area contributed by atoms with Crippen LogP contribution in [0.3, 0.4) is 0 Å². The molecule has 0 unspecified atom stereocenters. The van der Waals surface area contributed by atoms with Gasteiger partial charge in [0.1, 0.15) is 18.3 Å². The highest BCUT2D eigenvalue weighted by Gasteiger charge is 2.41. The van der Waals surface area contributed by atoms with Crippen LogP contribution in [0.15, 0.2) is 35.9 Å². The SMILES string of the molecule is C/C=C1/c2cc3[nH]c4c(c5nc(cc6[nH]c(cc(n2)[C@@H]1C)/c(=C(/C)O)c6C)[C@@H](C)[C@@H]5CCC(=O)OC/C=C(\C)CCC[C@H](C)CCC[C@H](C)CCCC(C)C)[C@@H](C(=O)OC)C(O)=c4c3C. The number of hydrogen-bond acceptors (Lipinski definition) is 8. The number of aliphatic hydroxyl groups is 2. The standard InChI is InChI=1S/C55H76N4O6/c1-13-39-34(7)41-29-46-48(38(11)60)36(9)43(57-46)27-42-35(8)40(52(58-42)50-51(55(63)64-12)54(62)49-37(10)44(59-53(49)50)28-45(39)56-41)23-24-47(61)65-26-25-33(6)22-16-21-32(5)20-15-19-31(4)18-14-17-30(2)3/h13,25,27-32,34-35,40,51,57,59-60,62H,14-24,26H2,1-12H3/b33-25+,39-13+,42-27?,45-28?,46-29?,48-38-/t31-,32-,34-,35+,40+,51-/m1/s1. The van der Waals surface area contributed by atoms with E-state index >= 15 is 0 Å². The zero-order valence-corrected chi connectivity index (χ0v) is 41.3. The van der Waals surface area contributed by atoms with Crippen LogP contribution in [0, 0.1) is 31.6 Å². The van der Waals surface area contributed by atoms with Gasteiger partial charge in [0, 0.05) is 56.9 Å². The van der Waals surface area contributed by atoms with E-state index in [4.69, 9.17) is 19.4 Å². The van der Waals surface area contributed by atoms with E-state index in [-0.39, 0.29) is 48.3 Å². The minimum absolute atomic E-state index is 0.0158. The lowest BCUT2D eigenvalue weighted by Crippen LogP contribution is -2.18. The number of fused-ring (bicyclic) bond motifs is 8. The molecule has 0 aromatic carbocycles. The maximum absolute atomic E-state index is 13.7. The topological polar surface area (TPSA) is 150 Å². The molecule has 352 valence electrons. The third kappa shape index (κ3) is 11.0. The molecule has 3 aliphatic rings. The molecule has 0 amide bonds. The third-order valence-corrected chi connectivity index (χ3v) is 14.5. The minimum atomic E-state index is -1.10. The number of carbonyl (C=O) groups is 2. The Bertz CT molecular complexity index is 2610. The fraction of sp³-hybridized carbons (Fsp3) is 0.564. The number of hydrogen-bond donors (Lipinski definition) is 4. The summed E-state index contributed by atoms with van der Waals surface area (Å²) in [5, 5.41) is 24.2. The molecule has 5 heterocycles. The summed E-state index contributed by atoms with van der Waals surface area (Å²) in [6.07, 6.45) is 15.9. The molecular weight excluding hydrogens is 813 g/mol. The van der Waals surface area contributed by atoms with E-state index in [1.165, 1.54) is 57.6 Å². The number of nitrogens with zero attached hydrogens (tertiary/aromatic N) is 2. The van der Waals surface area contributed by atoms with Crippen LogP contribution in [0.1, 0.15) is 196 Å². The van der Waals surface area contributed by atoms with Crippen LogP contribution in [0.4, 0.5) is 0 Å². The maximum Gasteiger partial charge on any atom is 0.321 e. The largest absolute Gasteiger partial charge is 0.512 e. The number of methoxy groups -OCH3 is 1. The number of aliphatic hydroxyl groups excluding tert-OH is 2. The van der Waals surface area contributed by atoms with E-state index < -0.39 is 11.9 Å². The first-order valence-electron chi connectivity index (χ1n) is 24.4. The molecule has 10 heteroatoms. The summed E-state index contributed by atoms with van der Waals surface area (Å²) in [4.78, 5) is 44.6. The van der Waals surface area contributed by atoms with Gasteiger partial charge in [-0.2, -0.15) is 0 Å². The maximum atomic E-state index is 13.7. The zero-order valence-electron chi connectivity index (χ0n) is 41.3. The Hall–Kier alpha value is -5.12. The molecule has 10 nitrogen and oxygen atoms in total. The van der Waals surface area contributed by atoms with E-state index in [1.54, 1.807) is 6.92 Å². The number of H-pyrrole nitrogens is 2. The van der Waals surface area contributed by atoms with Crippen molar-refractivity contribution in [2.45, 2.75) is 170 Å². The lowest BCUT2D eigenvalue weighted by Gasteiger charge is -2.19. The normalized spacial score (nSPS) is 20.4. The molecule has 0 saturated carbocycles. The summed E-state index contributed by atoms with van der Waals surface area (Å²) in [6, 6.07) is 6.00. The van der Waals surface area contributed by atoms with Crippen molar-refractivity contribution >= 4 is 51.1 Å². The van der Waals surface area contributed by atoms with Gasteiger partial charge in [0.15, 0.2) is 0 Å². The van der Waals surface area contributed by atoms with Crippen LogP contribution in [0.2, 0.25) is 0 Å². The van der Waals surface area contributed by atoms with Crippen molar-refractivity contribution in [3.8, 4) is 0 Å². The summed E-state index contributed by atoms with van der Waals surface area (Å²) >= 11 is 0. The van der Waals surface area contributed by atoms with Gasteiger partial charge >= 0.3 is 11.9 Å². The number of esters is 2. The molecule has 0 spiro atoms. The van der Waals surface area contributed by atoms with Crippen LogP contribution in [-0.4, -0.2) is 55.8 Å². The highest BCUT2D eigenvalue weighted by Crippen LogP contribution is 2.46. The molecule has 0 fully saturated rings. The molecule has 3 aromatic heterocycles. The number of aryl methyl sites for hydroxylation is 2. The molecule has 6 rings (SSSR count). The van der Waals surface area contributed by atoms with Gasteiger partial charge in [-0.05, 0) is 113 Å². The smallest absolute Gasteiger partial charge is 0.321 e. The van der Waals surface area contributed by atoms with Crippen molar-refractivity contribution in [1.82, 2.24) is 19.9 Å². The van der Waals surface area contributed by atoms with Crippen LogP contribution in [0.5, 0.6) is 0 Å². The summed E-state index contributed by atoms with van der Waals surface area (Å²) in [5.41, 5.74) is 10.4. The molecule has 0 radical (unpaired) electrons. The molecule has 8 bridgehead atoms. The quantitative estimate of drug-likeness (QED) is 0.0728. The molecule has 65 heavy (non-hydrogen) atoms. The summed E-state index contributed by atoms with van der Waals surface area (Å²) in [6.45, 7) is 23.5. The van der Waals surface area contributed by atoms with E-state index in [0.29, 0.717) is 39.6 Å². The Morgan fingerprint density at radius 2 is 1.49 bits per heavy atom. The number of aromatic amines is 2. The Balaban J connectivity index is 1.26. The lowest BCUT2D eigenvalue weighted by molar-refractivity contribution is -0.143. The van der Waals surface area contributed by atoms with Gasteiger partial charge in [0.05, 0.1) is 41.0 Å². The molecule has 4 N–H and O–H groups in total. The third-order valence-electron chi connectivity index (χ3n) is 14.5. The van der Waals surface area contributed by atoms with E-state index in [0.717, 1.165) is 75.0 Å². The first-order valence-corrected chi connectivity index (χ1v) is 24.4. The second kappa shape index (κ2) is 21.5. The van der Waals surface area contributed by atoms with Gasteiger partial charge in [-0.3, -0.25) is 19.6 Å². The van der Waals surface area contributed by atoms with Gasteiger partial charge < -0.3 is 29.7 Å². The minimum Gasteiger partial charge on any atom is -0.512 e. The van der Waals surface area contributed by atoms with Crippen molar-refractivity contribution in [1.29, 1.82) is 0 Å². The highest BCUT2D eigenvalue weighted by molar-refractivity contribution is 5.96. The summed E-state index contributed by atoms with van der Waals surface area (Å²) in [5.74, 6) is -0.0608. The Morgan fingerprint density at radius 3 is 2.14 bits per heavy atom. The average molecular weight is 889 g/mol. The summed E-state index contributed by atoms with van der Waals surface area (Å²) in [7, 11) is 1.32. The number of aromatic nitrogens is 4. The lowest BCUT2D eigenvalue weighted by atomic mass is 9.84. The second-order valence-corrected chi connectivity index (χ2v) is 20.0. The van der Waals surface area contributed by atoms with Crippen LogP contribution in [0.25, 0.3) is 39.2 Å². The Labute approximate surface area is 386 Å². The average Bonchev–Trinajstić information content (AvgIpc) is 4.00. The van der Waals surface area contributed by atoms with Crippen molar-refractivity contribution in [2.24, 2.45) is 17.8 Å². The van der Waals surface area contributed by atoms with Crippen molar-refractivity contribution < 1.29 is 29.3 Å². The Morgan fingerprint density at radius 1 is 0.846 bits per heavy atom. The fourth-order valence-electron chi connectivity index (χ4n) is 10.5. The number of ether oxygens (including phenoxy) is 2. The first kappa shape index (κ1) is 49.3. The number of carbonyl (C=O) groups excluding carboxylic acids is 2. The van der Waals surface area contributed by atoms with Gasteiger partial charge in [0.25, 0.3) is 0 Å². The van der Waals surface area contributed by atoms with Crippen LogP contribution in [-0.2, 0) is 19.1 Å². The Kier molecular flexibility index (Phi) is 16.3. The van der Waals surface area contributed by atoms with Gasteiger partial charge in [-0.25, -0.2) is 0 Å². The number of nitrogens with one attached hydrogen (secondary N) is 2. The predicted molar refractivity (Wildman–Crippen MR) is 264 cm³/mol.